The van der Waals surface area contributed by atoms with Crippen molar-refractivity contribution in [2.75, 3.05) is 6.61 Å². The van der Waals surface area contributed by atoms with Gasteiger partial charge < -0.3 is 15.2 Å². The van der Waals surface area contributed by atoms with Crippen molar-refractivity contribution in [3.63, 3.8) is 0 Å². The summed E-state index contributed by atoms with van der Waals surface area (Å²) >= 11 is 0. The number of nitrogens with one attached hydrogen (secondary N) is 1. The number of hydrogen-bond donors (Lipinski definition) is 2. The van der Waals surface area contributed by atoms with Gasteiger partial charge >= 0.3 is 6.09 Å². The zero-order valence-corrected chi connectivity index (χ0v) is 14.5. The van der Waals surface area contributed by atoms with Crippen molar-refractivity contribution < 1.29 is 23.8 Å². The van der Waals surface area contributed by atoms with Crippen LogP contribution in [-0.2, 0) is 6.54 Å². The van der Waals surface area contributed by atoms with Gasteiger partial charge in [-0.2, -0.15) is 0 Å². The molecule has 2 N–H and O–H groups in total. The third-order valence-corrected chi connectivity index (χ3v) is 4.02. The molecule has 1 heterocycles. The maximum Gasteiger partial charge on any atom is 0.404 e. The molecule has 0 aliphatic carbocycles. The fraction of sp³-hybridized carbons (Fsp3) is 0.150. The fourth-order valence-corrected chi connectivity index (χ4v) is 2.81. The van der Waals surface area contributed by atoms with Crippen LogP contribution in [0.4, 0.5) is 9.18 Å². The summed E-state index contributed by atoms with van der Waals surface area (Å²) in [6.45, 7) is 2.23. The van der Waals surface area contributed by atoms with Crippen LogP contribution in [0.15, 0.2) is 48.7 Å². The van der Waals surface area contributed by atoms with Crippen LogP contribution in [0.1, 0.15) is 28.4 Å². The normalized spacial score (nSPS) is 10.6. The molecule has 0 fully saturated rings. The molecule has 138 valence electrons. The number of carbonyl (C=O) groups excluding carboxylic acids is 1. The van der Waals surface area contributed by atoms with E-state index in [1.54, 1.807) is 30.5 Å². The first-order valence-electron chi connectivity index (χ1n) is 8.31. The van der Waals surface area contributed by atoms with Gasteiger partial charge in [0.25, 0.3) is 0 Å². The zero-order chi connectivity index (χ0) is 19.4. The minimum Gasteiger partial charge on any atom is -0.478 e. The molecule has 1 amide bonds. The molecular formula is C20H17FN2O4. The Morgan fingerprint density at radius 3 is 2.67 bits per heavy atom. The summed E-state index contributed by atoms with van der Waals surface area (Å²) in [5.41, 5.74) is 0.676. The molecule has 6 nitrogen and oxygen atoms in total. The van der Waals surface area contributed by atoms with Crippen LogP contribution in [-0.4, -0.2) is 28.6 Å². The maximum absolute atomic E-state index is 14.5. The monoisotopic (exact) mass is 368 g/mol. The summed E-state index contributed by atoms with van der Waals surface area (Å²) < 4.78 is 20.0. The van der Waals surface area contributed by atoms with Gasteiger partial charge in [-0.05, 0) is 42.1 Å². The van der Waals surface area contributed by atoms with Gasteiger partial charge in [0, 0.05) is 23.7 Å². The number of ether oxygens (including phenoxy) is 1. The Morgan fingerprint density at radius 2 is 1.96 bits per heavy atom. The number of ketones is 1. The molecule has 0 aliphatic rings. The molecule has 1 aromatic heterocycles. The Labute approximate surface area is 154 Å². The third-order valence-electron chi connectivity index (χ3n) is 4.02. The maximum atomic E-state index is 14.5. The Hall–Kier alpha value is -3.48. The first kappa shape index (κ1) is 18.3. The van der Waals surface area contributed by atoms with Gasteiger partial charge in [0.1, 0.15) is 5.82 Å². The number of hydrogen-bond acceptors (Lipinski definition) is 4. The molecule has 7 heteroatoms. The van der Waals surface area contributed by atoms with Crippen LogP contribution in [0.5, 0.6) is 5.88 Å². The second-order valence-corrected chi connectivity index (χ2v) is 5.75. The van der Waals surface area contributed by atoms with E-state index in [0.29, 0.717) is 34.4 Å². The average molecular weight is 368 g/mol. The Balaban J connectivity index is 1.99. The molecule has 3 rings (SSSR count). The topological polar surface area (TPSA) is 88.5 Å². The number of carboxylic acid groups (broad SMARTS) is 1. The number of amides is 1. The number of nitrogens with zero attached hydrogens (tertiary/aromatic N) is 1. The fourth-order valence-electron chi connectivity index (χ4n) is 2.81. The summed E-state index contributed by atoms with van der Waals surface area (Å²) in [5, 5.41) is 12.1. The number of benzene rings is 2. The van der Waals surface area contributed by atoms with E-state index in [2.05, 4.69) is 10.3 Å². The number of pyridine rings is 1. The molecule has 2 aromatic carbocycles. The van der Waals surface area contributed by atoms with Gasteiger partial charge in [0.05, 0.1) is 12.2 Å². The van der Waals surface area contributed by atoms with Gasteiger partial charge in [0.15, 0.2) is 5.78 Å². The van der Waals surface area contributed by atoms with E-state index in [0.717, 1.165) is 6.07 Å². The number of aromatic nitrogens is 1. The molecule has 27 heavy (non-hydrogen) atoms. The van der Waals surface area contributed by atoms with Gasteiger partial charge in [-0.1, -0.05) is 18.2 Å². The lowest BCUT2D eigenvalue weighted by molar-refractivity contribution is 0.103. The van der Waals surface area contributed by atoms with E-state index in [1.807, 2.05) is 6.92 Å². The molecule has 0 aliphatic heterocycles. The highest BCUT2D eigenvalue weighted by Crippen LogP contribution is 2.28. The third kappa shape index (κ3) is 3.87. The predicted molar refractivity (Wildman–Crippen MR) is 97.6 cm³/mol. The van der Waals surface area contributed by atoms with Crippen molar-refractivity contribution in [1.29, 1.82) is 0 Å². The van der Waals surface area contributed by atoms with E-state index in [4.69, 9.17) is 9.84 Å². The van der Waals surface area contributed by atoms with Crippen molar-refractivity contribution in [2.24, 2.45) is 0 Å². The van der Waals surface area contributed by atoms with Crippen molar-refractivity contribution >= 4 is 22.6 Å². The number of rotatable bonds is 6. The highest BCUT2D eigenvalue weighted by molar-refractivity contribution is 6.17. The van der Waals surface area contributed by atoms with Crippen molar-refractivity contribution in [2.45, 2.75) is 13.5 Å². The summed E-state index contributed by atoms with van der Waals surface area (Å²) in [6.07, 6.45) is 0.339. The standard InChI is InChI=1S/C20H17FN2O4/c1-2-27-19-15-5-3-4-14(13(15)8-9-22-19)18(24)16-7-6-12(10-17(16)21)11-23-20(25)26/h3-10,23H,2,11H2,1H3,(H,25,26). The minimum absolute atomic E-state index is 0.0433. The zero-order valence-electron chi connectivity index (χ0n) is 14.5. The summed E-state index contributed by atoms with van der Waals surface area (Å²) in [6, 6.07) is 10.8. The van der Waals surface area contributed by atoms with Gasteiger partial charge in [0.2, 0.25) is 5.88 Å². The number of halogens is 1. The molecule has 0 saturated carbocycles. The highest BCUT2D eigenvalue weighted by Gasteiger charge is 2.18. The molecule has 0 spiro atoms. The van der Waals surface area contributed by atoms with E-state index in [1.165, 1.54) is 12.1 Å². The summed E-state index contributed by atoms with van der Waals surface area (Å²) in [4.78, 5) is 27.6. The molecule has 3 aromatic rings. The molecule has 0 atom stereocenters. The Kier molecular flexibility index (Phi) is 5.30. The number of fused-ring (bicyclic) bond motifs is 1. The molecule has 0 saturated heterocycles. The SMILES string of the molecule is CCOc1nccc2c(C(=O)c3ccc(CNC(=O)O)cc3F)cccc12. The van der Waals surface area contributed by atoms with Crippen molar-refractivity contribution in [1.82, 2.24) is 10.3 Å². The lowest BCUT2D eigenvalue weighted by Crippen LogP contribution is -2.20. The quantitative estimate of drug-likeness (QED) is 0.647. The van der Waals surface area contributed by atoms with Crippen LogP contribution in [0.3, 0.4) is 0 Å². The summed E-state index contributed by atoms with van der Waals surface area (Å²) in [5.74, 6) is -0.759. The minimum atomic E-state index is -1.20. The molecular weight excluding hydrogens is 351 g/mol. The van der Waals surface area contributed by atoms with Crippen molar-refractivity contribution in [3.05, 3.63) is 71.2 Å². The van der Waals surface area contributed by atoms with E-state index in [9.17, 15) is 14.0 Å². The van der Waals surface area contributed by atoms with Crippen molar-refractivity contribution in [3.8, 4) is 5.88 Å². The van der Waals surface area contributed by atoms with E-state index in [-0.39, 0.29) is 12.1 Å². The van der Waals surface area contributed by atoms with E-state index < -0.39 is 17.7 Å². The Bertz CT molecular complexity index is 1020. The van der Waals surface area contributed by atoms with Crippen LogP contribution in [0.2, 0.25) is 0 Å². The lowest BCUT2D eigenvalue weighted by Gasteiger charge is -2.10. The van der Waals surface area contributed by atoms with E-state index >= 15 is 0 Å². The molecule has 0 radical (unpaired) electrons. The van der Waals surface area contributed by atoms with Gasteiger partial charge in [-0.25, -0.2) is 14.2 Å². The second kappa shape index (κ2) is 7.82. The van der Waals surface area contributed by atoms with Crippen LogP contribution in [0.25, 0.3) is 10.8 Å². The van der Waals surface area contributed by atoms with Crippen LogP contribution >= 0.6 is 0 Å². The first-order valence-corrected chi connectivity index (χ1v) is 8.31. The van der Waals surface area contributed by atoms with Crippen LogP contribution in [0, 0.1) is 5.82 Å². The number of carbonyl (C=O) groups is 2. The predicted octanol–water partition coefficient (Wildman–Crippen LogP) is 3.77. The van der Waals surface area contributed by atoms with Gasteiger partial charge in [-0.15, -0.1) is 0 Å². The first-order chi connectivity index (χ1) is 13.0. The lowest BCUT2D eigenvalue weighted by atomic mass is 9.97. The summed E-state index contributed by atoms with van der Waals surface area (Å²) in [7, 11) is 0. The Morgan fingerprint density at radius 1 is 1.15 bits per heavy atom. The van der Waals surface area contributed by atoms with Gasteiger partial charge in [-0.3, -0.25) is 4.79 Å². The average Bonchev–Trinajstić information content (AvgIpc) is 2.66. The smallest absolute Gasteiger partial charge is 0.404 e. The largest absolute Gasteiger partial charge is 0.478 e. The molecule has 0 bridgehead atoms. The van der Waals surface area contributed by atoms with Crippen LogP contribution < -0.4 is 10.1 Å². The highest BCUT2D eigenvalue weighted by atomic mass is 19.1. The second-order valence-electron chi connectivity index (χ2n) is 5.75. The molecule has 0 unspecified atom stereocenters.